The molecule has 1 rings (SSSR count). The van der Waals surface area contributed by atoms with Crippen molar-refractivity contribution in [2.75, 3.05) is 30.8 Å². The van der Waals surface area contributed by atoms with Gasteiger partial charge in [0.15, 0.2) is 13.1 Å². The zero-order valence-electron chi connectivity index (χ0n) is 14.9. The zero-order chi connectivity index (χ0) is 18.3. The van der Waals surface area contributed by atoms with Crippen molar-refractivity contribution in [1.82, 2.24) is 5.32 Å². The lowest BCUT2D eigenvalue weighted by molar-refractivity contribution is -0.862. The van der Waals surface area contributed by atoms with E-state index in [1.807, 2.05) is 20.8 Å². The number of likely N-dealkylation sites (N-methyl/N-ethyl adjacent to an activating group) is 1. The number of anilines is 2. The van der Waals surface area contributed by atoms with Crippen LogP contribution in [0.3, 0.4) is 0 Å². The normalized spacial score (nSPS) is 12.2. The highest BCUT2D eigenvalue weighted by Gasteiger charge is 2.18. The molecule has 4 N–H and O–H groups in total. The average Bonchev–Trinajstić information content (AvgIpc) is 2.37. The van der Waals surface area contributed by atoms with Crippen molar-refractivity contribution in [2.45, 2.75) is 33.2 Å². The van der Waals surface area contributed by atoms with Crippen LogP contribution in [0.5, 0.6) is 0 Å². The molecule has 0 fully saturated rings. The highest BCUT2D eigenvalue weighted by molar-refractivity contribution is 5.92. The molecule has 0 spiro atoms. The standard InChI is InChI=1S/C17H26N4O3/c1-12(22)18-13-6-8-14(9-7-13)19-15(23)10-21(5)11-16(24)20-17(2,3)4/h6-9H,10-11H2,1-5H3,(H,18,22)(H,19,23)(H,20,24)/p+1. The predicted octanol–water partition coefficient (Wildman–Crippen LogP) is 0.0129. The van der Waals surface area contributed by atoms with Gasteiger partial charge in [0.25, 0.3) is 11.8 Å². The molecule has 1 aromatic carbocycles. The molecular formula is C17H27N4O3+. The van der Waals surface area contributed by atoms with Crippen LogP contribution in [0.4, 0.5) is 11.4 Å². The Labute approximate surface area is 142 Å². The zero-order valence-corrected chi connectivity index (χ0v) is 14.9. The van der Waals surface area contributed by atoms with Crippen LogP contribution in [0, 0.1) is 0 Å². The molecule has 0 aliphatic rings. The molecule has 0 bridgehead atoms. The number of carbonyl (C=O) groups excluding carboxylic acids is 3. The Kier molecular flexibility index (Phi) is 6.91. The molecule has 7 nitrogen and oxygen atoms in total. The number of carbonyl (C=O) groups is 3. The minimum Gasteiger partial charge on any atom is -0.347 e. The lowest BCUT2D eigenvalue weighted by Crippen LogP contribution is -3.11. The highest BCUT2D eigenvalue weighted by atomic mass is 16.2. The molecule has 1 unspecified atom stereocenters. The first-order valence-corrected chi connectivity index (χ1v) is 7.85. The molecule has 1 atom stereocenters. The van der Waals surface area contributed by atoms with Crippen LogP contribution in [0.2, 0.25) is 0 Å². The monoisotopic (exact) mass is 335 g/mol. The summed E-state index contributed by atoms with van der Waals surface area (Å²) in [5, 5.41) is 8.30. The maximum atomic E-state index is 12.0. The molecule has 7 heteroatoms. The van der Waals surface area contributed by atoms with Gasteiger partial charge in [0.2, 0.25) is 5.91 Å². The number of nitrogens with one attached hydrogen (secondary N) is 4. The Hall–Kier alpha value is -2.41. The quantitative estimate of drug-likeness (QED) is 0.590. The molecule has 24 heavy (non-hydrogen) atoms. The number of hydrogen-bond donors (Lipinski definition) is 4. The second-order valence-electron chi connectivity index (χ2n) is 6.92. The number of rotatable bonds is 6. The first-order valence-electron chi connectivity index (χ1n) is 7.85. The second kappa shape index (κ2) is 8.44. The fraction of sp³-hybridized carbons (Fsp3) is 0.471. The summed E-state index contributed by atoms with van der Waals surface area (Å²) in [6.45, 7) is 7.59. The molecule has 0 aliphatic heterocycles. The van der Waals surface area contributed by atoms with E-state index in [9.17, 15) is 14.4 Å². The summed E-state index contributed by atoms with van der Waals surface area (Å²) in [6, 6.07) is 6.85. The van der Waals surface area contributed by atoms with E-state index in [2.05, 4.69) is 16.0 Å². The average molecular weight is 335 g/mol. The molecule has 132 valence electrons. The SMILES string of the molecule is CC(=O)Nc1ccc(NC(=O)C[NH+](C)CC(=O)NC(C)(C)C)cc1. The molecular weight excluding hydrogens is 308 g/mol. The van der Waals surface area contributed by atoms with E-state index in [-0.39, 0.29) is 36.3 Å². The minimum absolute atomic E-state index is 0.0903. The van der Waals surface area contributed by atoms with Gasteiger partial charge < -0.3 is 20.9 Å². The van der Waals surface area contributed by atoms with E-state index in [0.717, 1.165) is 4.90 Å². The molecule has 1 aromatic rings. The van der Waals surface area contributed by atoms with Crippen molar-refractivity contribution in [1.29, 1.82) is 0 Å². The first kappa shape index (κ1) is 19.6. The summed E-state index contributed by atoms with van der Waals surface area (Å²) in [7, 11) is 1.79. The minimum atomic E-state index is -0.282. The summed E-state index contributed by atoms with van der Waals surface area (Å²) in [5.74, 6) is -0.415. The fourth-order valence-electron chi connectivity index (χ4n) is 2.12. The first-order chi connectivity index (χ1) is 11.0. The predicted molar refractivity (Wildman–Crippen MR) is 93.9 cm³/mol. The van der Waals surface area contributed by atoms with Crippen LogP contribution in [-0.2, 0) is 14.4 Å². The molecule has 3 amide bonds. The van der Waals surface area contributed by atoms with Gasteiger partial charge in [-0.15, -0.1) is 0 Å². The topological polar surface area (TPSA) is 91.7 Å². The van der Waals surface area contributed by atoms with Gasteiger partial charge in [0.1, 0.15) is 0 Å². The maximum absolute atomic E-state index is 12.0. The lowest BCUT2D eigenvalue weighted by Gasteiger charge is -2.21. The molecule has 0 aliphatic carbocycles. The van der Waals surface area contributed by atoms with E-state index in [1.54, 1.807) is 31.3 Å². The Balaban J connectivity index is 2.45. The van der Waals surface area contributed by atoms with Gasteiger partial charge in [-0.05, 0) is 45.0 Å². The van der Waals surface area contributed by atoms with Crippen molar-refractivity contribution in [3.63, 3.8) is 0 Å². The number of amides is 3. The maximum Gasteiger partial charge on any atom is 0.279 e. The van der Waals surface area contributed by atoms with Gasteiger partial charge in [-0.25, -0.2) is 0 Å². The van der Waals surface area contributed by atoms with Gasteiger partial charge in [-0.3, -0.25) is 14.4 Å². The molecule has 0 saturated heterocycles. The van der Waals surface area contributed by atoms with E-state index in [0.29, 0.717) is 11.4 Å². The summed E-state index contributed by atoms with van der Waals surface area (Å²) in [4.78, 5) is 35.6. The van der Waals surface area contributed by atoms with Gasteiger partial charge in [-0.1, -0.05) is 0 Å². The fourth-order valence-corrected chi connectivity index (χ4v) is 2.12. The van der Waals surface area contributed by atoms with Crippen molar-refractivity contribution >= 4 is 29.1 Å². The Bertz CT molecular complexity index is 591. The van der Waals surface area contributed by atoms with Crippen molar-refractivity contribution < 1.29 is 19.3 Å². The molecule has 0 saturated carbocycles. The summed E-state index contributed by atoms with van der Waals surface area (Å²) >= 11 is 0. The summed E-state index contributed by atoms with van der Waals surface area (Å²) in [5.41, 5.74) is 1.03. The summed E-state index contributed by atoms with van der Waals surface area (Å²) in [6.07, 6.45) is 0. The summed E-state index contributed by atoms with van der Waals surface area (Å²) < 4.78 is 0. The van der Waals surface area contributed by atoms with Crippen LogP contribution < -0.4 is 20.9 Å². The second-order valence-corrected chi connectivity index (χ2v) is 6.92. The van der Waals surface area contributed by atoms with Gasteiger partial charge in [0.05, 0.1) is 7.05 Å². The van der Waals surface area contributed by atoms with Crippen LogP contribution in [0.15, 0.2) is 24.3 Å². The van der Waals surface area contributed by atoms with E-state index >= 15 is 0 Å². The smallest absolute Gasteiger partial charge is 0.279 e. The molecule has 0 radical (unpaired) electrons. The van der Waals surface area contributed by atoms with Crippen molar-refractivity contribution in [3.8, 4) is 0 Å². The van der Waals surface area contributed by atoms with Crippen LogP contribution in [0.1, 0.15) is 27.7 Å². The molecule has 0 aromatic heterocycles. The van der Waals surface area contributed by atoms with E-state index < -0.39 is 0 Å². The van der Waals surface area contributed by atoms with Crippen LogP contribution >= 0.6 is 0 Å². The third kappa shape index (κ3) is 8.28. The number of quaternary nitrogens is 1. The molecule has 0 heterocycles. The Morgan fingerprint density at radius 2 is 1.38 bits per heavy atom. The van der Waals surface area contributed by atoms with Gasteiger partial charge >= 0.3 is 0 Å². The Morgan fingerprint density at radius 3 is 1.83 bits per heavy atom. The number of hydrogen-bond acceptors (Lipinski definition) is 3. The van der Waals surface area contributed by atoms with Crippen LogP contribution in [-0.4, -0.2) is 43.4 Å². The van der Waals surface area contributed by atoms with Crippen molar-refractivity contribution in [2.24, 2.45) is 0 Å². The van der Waals surface area contributed by atoms with Gasteiger partial charge in [0, 0.05) is 23.8 Å². The highest BCUT2D eigenvalue weighted by Crippen LogP contribution is 2.13. The Morgan fingerprint density at radius 1 is 0.917 bits per heavy atom. The lowest BCUT2D eigenvalue weighted by atomic mass is 10.1. The number of benzene rings is 1. The third-order valence-electron chi connectivity index (χ3n) is 2.93. The van der Waals surface area contributed by atoms with E-state index in [1.165, 1.54) is 6.92 Å². The van der Waals surface area contributed by atoms with Gasteiger partial charge in [-0.2, -0.15) is 0 Å². The van der Waals surface area contributed by atoms with Crippen molar-refractivity contribution in [3.05, 3.63) is 24.3 Å². The van der Waals surface area contributed by atoms with Crippen LogP contribution in [0.25, 0.3) is 0 Å². The third-order valence-corrected chi connectivity index (χ3v) is 2.93. The van der Waals surface area contributed by atoms with E-state index in [4.69, 9.17) is 0 Å². The largest absolute Gasteiger partial charge is 0.347 e.